The summed E-state index contributed by atoms with van der Waals surface area (Å²) in [5.41, 5.74) is 14.6. The average Bonchev–Trinajstić information content (AvgIpc) is 3.53. The number of benzene rings is 2. The van der Waals surface area contributed by atoms with Crippen LogP contribution >= 0.6 is 20.3 Å². The van der Waals surface area contributed by atoms with E-state index in [0.717, 1.165) is 36.2 Å². The lowest BCUT2D eigenvalue weighted by atomic mass is 9.84. The lowest BCUT2D eigenvalue weighted by Crippen LogP contribution is -2.34. The predicted octanol–water partition coefficient (Wildman–Crippen LogP) is 4.75. The van der Waals surface area contributed by atoms with Crippen LogP contribution in [-0.2, 0) is 24.4 Å². The number of nitrogens with two attached hydrogens (primary N) is 1. The number of ether oxygens (including phenoxy) is 1. The number of hydrogen-bond acceptors (Lipinski definition) is 6. The van der Waals surface area contributed by atoms with E-state index in [1.54, 1.807) is 0 Å². The Bertz CT molecular complexity index is 1350. The number of nitrogens with zero attached hydrogens (tertiary/aromatic N) is 3. The molecule has 0 aromatic heterocycles. The van der Waals surface area contributed by atoms with E-state index < -0.39 is 0 Å². The smallest absolute Gasteiger partial charge is 0.137 e. The van der Waals surface area contributed by atoms with E-state index in [-0.39, 0.29) is 11.7 Å². The molecule has 1 saturated heterocycles. The van der Waals surface area contributed by atoms with Crippen molar-refractivity contribution < 1.29 is 9.13 Å². The largest absolute Gasteiger partial charge is 0.400 e. The molecule has 6 rings (SSSR count). The molecule has 0 saturated carbocycles. The Balaban J connectivity index is 1.58. The molecule has 180 valence electrons. The van der Waals surface area contributed by atoms with E-state index in [1.807, 2.05) is 6.07 Å². The van der Waals surface area contributed by atoms with Crippen LogP contribution < -0.4 is 11.0 Å². The van der Waals surface area contributed by atoms with Crippen LogP contribution in [0.25, 0.3) is 16.7 Å². The van der Waals surface area contributed by atoms with Crippen molar-refractivity contribution in [3.8, 4) is 17.2 Å². The van der Waals surface area contributed by atoms with Crippen molar-refractivity contribution in [3.63, 3.8) is 0 Å². The van der Waals surface area contributed by atoms with Gasteiger partial charge in [0.05, 0.1) is 23.7 Å². The molecule has 3 atom stereocenters. The summed E-state index contributed by atoms with van der Waals surface area (Å²) in [7, 11) is 0.545. The number of hydrogen-bond donors (Lipinski definition) is 1. The Hall–Kier alpha value is -2.23. The fourth-order valence-electron chi connectivity index (χ4n) is 5.85. The topological polar surface area (TPSA) is 74.6 Å². The summed E-state index contributed by atoms with van der Waals surface area (Å²) in [6.07, 6.45) is 4.14. The van der Waals surface area contributed by atoms with Gasteiger partial charge in [0.25, 0.3) is 0 Å². The zero-order chi connectivity index (χ0) is 24.3. The summed E-state index contributed by atoms with van der Waals surface area (Å²) < 4.78 is 20.9. The van der Waals surface area contributed by atoms with E-state index in [2.05, 4.69) is 31.0 Å². The number of fused-ring (bicyclic) bond motifs is 4. The molecule has 2 aromatic rings. The van der Waals surface area contributed by atoms with Crippen LogP contribution in [0.3, 0.4) is 0 Å². The van der Waals surface area contributed by atoms with Gasteiger partial charge in [-0.15, -0.1) is 11.8 Å². The molecule has 1 fully saturated rings. The van der Waals surface area contributed by atoms with Crippen LogP contribution in [0.4, 0.5) is 4.39 Å². The fourth-order valence-corrected chi connectivity index (χ4v) is 8.53. The average molecular weight is 507 g/mol. The van der Waals surface area contributed by atoms with Gasteiger partial charge in [0.1, 0.15) is 17.8 Å². The van der Waals surface area contributed by atoms with Gasteiger partial charge in [0, 0.05) is 41.9 Å². The Kier molecular flexibility index (Phi) is 5.97. The highest BCUT2D eigenvalue weighted by Gasteiger charge is 2.35. The minimum atomic E-state index is -0.296. The molecule has 4 heterocycles. The molecule has 4 aliphatic rings. The molecular weight excluding hydrogens is 478 g/mol. The Labute approximate surface area is 211 Å². The Morgan fingerprint density at radius 3 is 2.89 bits per heavy atom. The van der Waals surface area contributed by atoms with Crippen molar-refractivity contribution in [1.82, 2.24) is 4.90 Å². The number of allylic oxidation sites excluding steroid dienone is 1. The van der Waals surface area contributed by atoms with Crippen LogP contribution in [0, 0.1) is 23.1 Å². The van der Waals surface area contributed by atoms with Crippen molar-refractivity contribution in [3.05, 3.63) is 51.5 Å². The van der Waals surface area contributed by atoms with Crippen molar-refractivity contribution in [1.29, 1.82) is 5.26 Å². The van der Waals surface area contributed by atoms with Crippen molar-refractivity contribution in [2.24, 2.45) is 16.6 Å². The number of nitriles is 1. The van der Waals surface area contributed by atoms with Gasteiger partial charge in [-0.25, -0.2) is 4.39 Å². The van der Waals surface area contributed by atoms with Crippen LogP contribution in [0.15, 0.2) is 27.7 Å². The maximum absolute atomic E-state index is 14.9. The van der Waals surface area contributed by atoms with Gasteiger partial charge in [-0.05, 0) is 66.5 Å². The highest BCUT2D eigenvalue weighted by Crippen LogP contribution is 2.47. The van der Waals surface area contributed by atoms with Crippen molar-refractivity contribution in [2.75, 3.05) is 18.8 Å². The number of rotatable bonds is 3. The van der Waals surface area contributed by atoms with Gasteiger partial charge >= 0.3 is 0 Å². The molecule has 0 aliphatic carbocycles. The molecule has 5 nitrogen and oxygen atoms in total. The van der Waals surface area contributed by atoms with Crippen LogP contribution in [0.1, 0.15) is 48.1 Å². The third-order valence-corrected chi connectivity index (χ3v) is 10.3. The summed E-state index contributed by atoms with van der Waals surface area (Å²) >= 11 is 1.38. The summed E-state index contributed by atoms with van der Waals surface area (Å²) in [4.78, 5) is 8.03. The lowest BCUT2D eigenvalue weighted by Gasteiger charge is -2.31. The summed E-state index contributed by atoms with van der Waals surface area (Å²) in [6.45, 7) is 7.74. The van der Waals surface area contributed by atoms with Gasteiger partial charge in [-0.1, -0.05) is 19.9 Å². The van der Waals surface area contributed by atoms with Gasteiger partial charge in [-0.2, -0.15) is 5.26 Å². The van der Waals surface area contributed by atoms with Crippen LogP contribution in [0.5, 0.6) is 0 Å². The maximum Gasteiger partial charge on any atom is 0.137 e. The highest BCUT2D eigenvalue weighted by molar-refractivity contribution is 7.99. The third kappa shape index (κ3) is 3.65. The van der Waals surface area contributed by atoms with Crippen molar-refractivity contribution >= 4 is 37.4 Å². The molecule has 2 N–H and O–H groups in total. The molecule has 0 spiro atoms. The van der Waals surface area contributed by atoms with Crippen LogP contribution in [0.2, 0.25) is 0 Å². The molecule has 0 amide bonds. The minimum Gasteiger partial charge on any atom is -0.400 e. The quantitative estimate of drug-likeness (QED) is 0.609. The number of aliphatic imine (C=N–C) groups is 1. The van der Waals surface area contributed by atoms with Gasteiger partial charge < -0.3 is 10.5 Å². The molecule has 3 unspecified atom stereocenters. The highest BCUT2D eigenvalue weighted by atomic mass is 32.2. The lowest BCUT2D eigenvalue weighted by molar-refractivity contribution is 0.134. The van der Waals surface area contributed by atoms with E-state index in [1.165, 1.54) is 46.2 Å². The first kappa shape index (κ1) is 23.2. The Morgan fingerprint density at radius 2 is 2.14 bits per heavy atom. The maximum atomic E-state index is 14.9. The second-order valence-corrected chi connectivity index (χ2v) is 12.0. The number of likely N-dealkylation sites (tertiary alicyclic amines) is 1. The predicted molar refractivity (Wildman–Crippen MR) is 142 cm³/mol. The second kappa shape index (κ2) is 9.01. The first-order chi connectivity index (χ1) is 17.0. The third-order valence-electron chi connectivity index (χ3n) is 7.56. The van der Waals surface area contributed by atoms with Gasteiger partial charge in [0.15, 0.2) is 0 Å². The van der Waals surface area contributed by atoms with E-state index in [9.17, 15) is 9.65 Å². The zero-order valence-electron chi connectivity index (χ0n) is 19.9. The van der Waals surface area contributed by atoms with Crippen LogP contribution in [-0.4, -0.2) is 35.9 Å². The zero-order valence-corrected chi connectivity index (χ0v) is 21.8. The van der Waals surface area contributed by atoms with Crippen molar-refractivity contribution in [2.45, 2.75) is 50.7 Å². The van der Waals surface area contributed by atoms with E-state index in [0.29, 0.717) is 55.2 Å². The second-order valence-electron chi connectivity index (χ2n) is 9.73. The SMILES string of the molecule is CCc1c2c(c3c(c1-c1ccc(F)c4c1C(C#N)=C(N)CS4)COC3)C=NC(N1CCC(C)C1)P2. The molecule has 35 heavy (non-hydrogen) atoms. The van der Waals surface area contributed by atoms with Gasteiger partial charge in [0.2, 0.25) is 0 Å². The summed E-state index contributed by atoms with van der Waals surface area (Å²) in [6, 6.07) is 5.66. The Morgan fingerprint density at radius 1 is 1.31 bits per heavy atom. The molecule has 0 radical (unpaired) electrons. The normalized spacial score (nSPS) is 23.9. The number of thioether (sulfide) groups is 1. The first-order valence-electron chi connectivity index (χ1n) is 12.2. The summed E-state index contributed by atoms with van der Waals surface area (Å²) in [5, 5.41) is 11.3. The molecule has 2 aromatic carbocycles. The fraction of sp³-hybridized carbons (Fsp3) is 0.407. The molecule has 0 bridgehead atoms. The molecule has 4 aliphatic heterocycles. The first-order valence-corrected chi connectivity index (χ1v) is 14.2. The minimum absolute atomic E-state index is 0.175. The van der Waals surface area contributed by atoms with E-state index >= 15 is 0 Å². The molecular formula is C27H28FN4OPS. The number of halogens is 1. The monoisotopic (exact) mass is 506 g/mol. The standard InChI is InChI=1S/C27H28FN4OPS/c1-3-15-23(16-4-5-21(28)26-24(16)17(8-29)22(30)13-35-26)20-12-33-11-19(20)18-9-31-27(34-25(15)18)32-7-6-14(2)10-32/h4-5,9,14,27,34H,3,6-7,10-13,30H2,1-2H3. The molecule has 8 heteroatoms. The summed E-state index contributed by atoms with van der Waals surface area (Å²) in [5.74, 6) is 1.01. The van der Waals surface area contributed by atoms with E-state index in [4.69, 9.17) is 15.5 Å². The van der Waals surface area contributed by atoms with Gasteiger partial charge in [-0.3, -0.25) is 9.89 Å².